The van der Waals surface area contributed by atoms with Crippen LogP contribution in [0.1, 0.15) is 21.7 Å². The molecule has 0 bridgehead atoms. The summed E-state index contributed by atoms with van der Waals surface area (Å²) in [6.07, 6.45) is 0. The minimum Gasteiger partial charge on any atom is -0.872 e. The molecule has 0 spiro atoms. The third kappa shape index (κ3) is 3.51. The molecular weight excluding hydrogens is 378 g/mol. The Labute approximate surface area is 164 Å². The van der Waals surface area contributed by atoms with Crippen molar-refractivity contribution in [2.45, 2.75) is 13.8 Å². The number of carbonyl (C=O) groups excluding carboxylic acids is 1. The molecule has 0 aliphatic carbocycles. The summed E-state index contributed by atoms with van der Waals surface area (Å²) in [5.41, 5.74) is 3.83. The van der Waals surface area contributed by atoms with E-state index in [4.69, 9.17) is 19.2 Å². The van der Waals surface area contributed by atoms with E-state index in [0.29, 0.717) is 16.8 Å². The van der Waals surface area contributed by atoms with Gasteiger partial charge in [0.2, 0.25) is 11.8 Å². The zero-order chi connectivity index (χ0) is 20.7. The highest BCUT2D eigenvalue weighted by Gasteiger charge is 2.15. The highest BCUT2D eigenvalue weighted by molar-refractivity contribution is 6.02. The molecule has 3 N–H and O–H groups in total. The summed E-state index contributed by atoms with van der Waals surface area (Å²) in [5, 5.41) is 32.5. The Morgan fingerprint density at radius 2 is 1.83 bits per heavy atom. The number of aryl methyl sites for hydroxylation is 2. The first-order valence-electron chi connectivity index (χ1n) is 8.60. The number of hydrogen-bond acceptors (Lipinski definition) is 8. The highest BCUT2D eigenvalue weighted by Crippen LogP contribution is 2.32. The van der Waals surface area contributed by atoms with Crippen molar-refractivity contribution in [3.05, 3.63) is 59.4 Å². The van der Waals surface area contributed by atoms with E-state index in [1.165, 1.54) is 30.3 Å². The summed E-state index contributed by atoms with van der Waals surface area (Å²) in [7, 11) is 0. The fourth-order valence-corrected chi connectivity index (χ4v) is 2.82. The molecule has 0 saturated heterocycles. The number of rotatable bonds is 4. The van der Waals surface area contributed by atoms with Crippen LogP contribution >= 0.6 is 0 Å². The van der Waals surface area contributed by atoms with Crippen LogP contribution in [0.5, 0.6) is 5.75 Å². The molecule has 9 nitrogen and oxygen atoms in total. The first kappa shape index (κ1) is 18.5. The second kappa shape index (κ2) is 6.97. The lowest BCUT2D eigenvalue weighted by molar-refractivity contribution is -0.267. The lowest BCUT2D eigenvalue weighted by Gasteiger charge is -2.12. The average Bonchev–Trinajstić information content (AvgIpc) is 3.31. The standard InChI is InChI=1S/C20H17N3O6/c1-10-7-14-17(8-11(10)2)29-20(22-14)13-9-12(3-4-15(13)24)21-19(25)16-5-6-18(28-16)23(26)27/h3-9,24,26-27H,1-2H3,(H,21,25)/p-1. The zero-order valence-electron chi connectivity index (χ0n) is 15.5. The Morgan fingerprint density at radius 3 is 2.55 bits per heavy atom. The molecule has 0 unspecified atom stereocenters. The van der Waals surface area contributed by atoms with Gasteiger partial charge < -0.3 is 19.3 Å². The molecule has 0 saturated carbocycles. The van der Waals surface area contributed by atoms with Gasteiger partial charge in [-0.15, -0.1) is 0 Å². The van der Waals surface area contributed by atoms with Crippen LogP contribution in [0.4, 0.5) is 11.6 Å². The Kier molecular flexibility index (Phi) is 4.45. The largest absolute Gasteiger partial charge is 0.872 e. The molecule has 148 valence electrons. The number of benzene rings is 2. The van der Waals surface area contributed by atoms with Crippen LogP contribution in [-0.2, 0) is 0 Å². The van der Waals surface area contributed by atoms with Crippen LogP contribution in [0.2, 0.25) is 0 Å². The van der Waals surface area contributed by atoms with Gasteiger partial charge in [-0.05, 0) is 55.3 Å². The Morgan fingerprint density at radius 1 is 1.07 bits per heavy atom. The second-order valence-corrected chi connectivity index (χ2v) is 6.52. The number of fused-ring (bicyclic) bond motifs is 1. The summed E-state index contributed by atoms with van der Waals surface area (Å²) in [4.78, 5) is 16.7. The van der Waals surface area contributed by atoms with E-state index in [2.05, 4.69) is 10.3 Å². The van der Waals surface area contributed by atoms with Gasteiger partial charge in [-0.25, -0.2) is 4.98 Å². The predicted molar refractivity (Wildman–Crippen MR) is 101 cm³/mol. The number of oxazole rings is 1. The molecule has 0 aliphatic rings. The van der Waals surface area contributed by atoms with Crippen molar-refractivity contribution in [3.8, 4) is 17.2 Å². The van der Waals surface area contributed by atoms with Crippen LogP contribution in [0.25, 0.3) is 22.6 Å². The summed E-state index contributed by atoms with van der Waals surface area (Å²) in [6, 6.07) is 10.4. The van der Waals surface area contributed by atoms with Gasteiger partial charge in [0.1, 0.15) is 5.52 Å². The van der Waals surface area contributed by atoms with E-state index in [-0.39, 0.29) is 34.1 Å². The Bertz CT molecular complexity index is 1190. The van der Waals surface area contributed by atoms with E-state index in [9.17, 15) is 9.90 Å². The third-order valence-electron chi connectivity index (χ3n) is 4.48. The third-order valence-corrected chi connectivity index (χ3v) is 4.48. The van der Waals surface area contributed by atoms with Crippen LogP contribution < -0.4 is 15.6 Å². The van der Waals surface area contributed by atoms with Crippen LogP contribution in [0.15, 0.2) is 51.3 Å². The fraction of sp³-hybridized carbons (Fsp3) is 0.100. The van der Waals surface area contributed by atoms with E-state index in [0.717, 1.165) is 11.1 Å². The number of amides is 1. The fourth-order valence-electron chi connectivity index (χ4n) is 2.82. The molecule has 2 heterocycles. The number of anilines is 2. The van der Waals surface area contributed by atoms with Gasteiger partial charge in [0.25, 0.3) is 5.91 Å². The van der Waals surface area contributed by atoms with E-state index < -0.39 is 5.91 Å². The van der Waals surface area contributed by atoms with Crippen LogP contribution in [-0.4, -0.2) is 21.3 Å². The van der Waals surface area contributed by atoms with Crippen LogP contribution in [0, 0.1) is 13.8 Å². The van der Waals surface area contributed by atoms with Gasteiger partial charge in [-0.1, -0.05) is 17.0 Å². The SMILES string of the molecule is Cc1cc2nc(-c3cc(NC(=O)c4ccc(N(O)O)o4)ccc3[O-])oc2cc1C. The lowest BCUT2D eigenvalue weighted by atomic mass is 10.1. The number of nitrogens with zero attached hydrogens (tertiary/aromatic N) is 2. The number of nitrogens with one attached hydrogen (secondary N) is 1. The van der Waals surface area contributed by atoms with Crippen molar-refractivity contribution in [2.24, 2.45) is 0 Å². The molecular formula is C20H16N3O6-. The van der Waals surface area contributed by atoms with Gasteiger partial charge in [-0.3, -0.25) is 15.2 Å². The minimum atomic E-state index is -0.633. The van der Waals surface area contributed by atoms with Gasteiger partial charge in [0.05, 0.1) is 0 Å². The highest BCUT2D eigenvalue weighted by atomic mass is 16.8. The molecule has 4 rings (SSSR count). The first-order chi connectivity index (χ1) is 13.8. The summed E-state index contributed by atoms with van der Waals surface area (Å²) >= 11 is 0. The maximum Gasteiger partial charge on any atom is 0.291 e. The van der Waals surface area contributed by atoms with Gasteiger partial charge in [0, 0.05) is 17.3 Å². The van der Waals surface area contributed by atoms with E-state index in [1.807, 2.05) is 26.0 Å². The normalized spacial score (nSPS) is 11.0. The molecule has 29 heavy (non-hydrogen) atoms. The summed E-state index contributed by atoms with van der Waals surface area (Å²) in [5.74, 6) is -1.25. The molecule has 1 amide bonds. The quantitative estimate of drug-likeness (QED) is 0.447. The van der Waals surface area contributed by atoms with Crippen molar-refractivity contribution in [1.82, 2.24) is 4.98 Å². The lowest BCUT2D eigenvalue weighted by Crippen LogP contribution is -2.12. The van der Waals surface area contributed by atoms with Crippen molar-refractivity contribution < 1.29 is 29.1 Å². The van der Waals surface area contributed by atoms with Crippen molar-refractivity contribution >= 4 is 28.6 Å². The van der Waals surface area contributed by atoms with E-state index in [1.54, 1.807) is 0 Å². The molecule has 9 heteroatoms. The first-order valence-corrected chi connectivity index (χ1v) is 8.60. The Balaban J connectivity index is 1.64. The maximum atomic E-state index is 12.3. The zero-order valence-corrected chi connectivity index (χ0v) is 15.5. The molecule has 2 aromatic carbocycles. The monoisotopic (exact) mass is 394 g/mol. The molecule has 0 atom stereocenters. The second-order valence-electron chi connectivity index (χ2n) is 6.52. The number of furan rings is 1. The predicted octanol–water partition coefficient (Wildman–Crippen LogP) is 3.62. The number of hydrogen-bond donors (Lipinski definition) is 3. The summed E-state index contributed by atoms with van der Waals surface area (Å²) < 4.78 is 10.7. The molecule has 4 aromatic rings. The minimum absolute atomic E-state index is 0.145. The van der Waals surface area contributed by atoms with Crippen LogP contribution in [0.3, 0.4) is 0 Å². The number of carbonyl (C=O) groups is 1. The molecule has 2 aromatic heterocycles. The smallest absolute Gasteiger partial charge is 0.291 e. The Hall–Kier alpha value is -3.82. The summed E-state index contributed by atoms with van der Waals surface area (Å²) in [6.45, 7) is 3.92. The van der Waals surface area contributed by atoms with Crippen molar-refractivity contribution in [1.29, 1.82) is 0 Å². The molecule has 0 aliphatic heterocycles. The van der Waals surface area contributed by atoms with Gasteiger partial charge in [-0.2, -0.15) is 0 Å². The average molecular weight is 394 g/mol. The number of aromatic nitrogens is 1. The molecule has 0 fully saturated rings. The van der Waals surface area contributed by atoms with Gasteiger partial charge in [0.15, 0.2) is 11.3 Å². The van der Waals surface area contributed by atoms with Crippen molar-refractivity contribution in [3.63, 3.8) is 0 Å². The topological polar surface area (TPSA) is 135 Å². The van der Waals surface area contributed by atoms with Gasteiger partial charge >= 0.3 is 0 Å². The van der Waals surface area contributed by atoms with E-state index >= 15 is 0 Å². The molecule has 0 radical (unpaired) electrons. The maximum absolute atomic E-state index is 12.3. The van der Waals surface area contributed by atoms with Crippen molar-refractivity contribution in [2.75, 3.05) is 10.5 Å².